The van der Waals surface area contributed by atoms with Crippen LogP contribution in [0.2, 0.25) is 0 Å². The molecule has 8 heteroatoms. The number of amides is 1. The van der Waals surface area contributed by atoms with Crippen molar-refractivity contribution in [3.05, 3.63) is 45.8 Å². The summed E-state index contributed by atoms with van der Waals surface area (Å²) in [7, 11) is 0. The quantitative estimate of drug-likeness (QED) is 0.673. The number of alkyl halides is 3. The van der Waals surface area contributed by atoms with Gasteiger partial charge in [-0.15, -0.1) is 11.8 Å². The number of thioether (sulfide) groups is 1. The molecule has 1 aromatic carbocycles. The molecule has 1 amide bonds. The van der Waals surface area contributed by atoms with Gasteiger partial charge in [0.05, 0.1) is 21.5 Å². The van der Waals surface area contributed by atoms with Crippen LogP contribution in [-0.2, 0) is 0 Å². The molecule has 0 radical (unpaired) electrons. The first-order chi connectivity index (χ1) is 10.7. The molecule has 1 aromatic heterocycles. The molecule has 1 heterocycles. The Hall–Kier alpha value is -1.41. The van der Waals surface area contributed by atoms with Crippen LogP contribution in [0.4, 0.5) is 18.9 Å². The fourth-order valence-electron chi connectivity index (χ4n) is 1.96. The van der Waals surface area contributed by atoms with Gasteiger partial charge in [0.2, 0.25) is 0 Å². The van der Waals surface area contributed by atoms with E-state index in [2.05, 4.69) is 21.2 Å². The third-order valence-corrected chi connectivity index (χ3v) is 5.03. The summed E-state index contributed by atoms with van der Waals surface area (Å²) in [5, 5.41) is 2.64. The molecule has 0 aliphatic rings. The maximum atomic E-state index is 12.4. The van der Waals surface area contributed by atoms with Crippen molar-refractivity contribution in [2.45, 2.75) is 24.9 Å². The second-order valence-corrected chi connectivity index (χ2v) is 6.57. The highest BCUT2D eigenvalue weighted by atomic mass is 79.9. The normalized spacial score (nSPS) is 11.6. The van der Waals surface area contributed by atoms with Gasteiger partial charge in [0.1, 0.15) is 11.5 Å². The lowest BCUT2D eigenvalue weighted by atomic mass is 10.2. The van der Waals surface area contributed by atoms with Gasteiger partial charge >= 0.3 is 6.18 Å². The lowest BCUT2D eigenvalue weighted by Gasteiger charge is -2.12. The first-order valence-corrected chi connectivity index (χ1v) is 8.32. The van der Waals surface area contributed by atoms with E-state index in [1.807, 2.05) is 0 Å². The fraction of sp³-hybridized carbons (Fsp3) is 0.267. The molecule has 0 saturated carbocycles. The van der Waals surface area contributed by atoms with Gasteiger partial charge in [0.15, 0.2) is 0 Å². The Labute approximate surface area is 143 Å². The molecule has 23 heavy (non-hydrogen) atoms. The van der Waals surface area contributed by atoms with Crippen molar-refractivity contribution in [1.29, 1.82) is 0 Å². The third kappa shape index (κ3) is 4.54. The van der Waals surface area contributed by atoms with E-state index in [1.165, 1.54) is 6.07 Å². The fourth-order valence-corrected chi connectivity index (χ4v) is 3.26. The Morgan fingerprint density at radius 3 is 2.48 bits per heavy atom. The summed E-state index contributed by atoms with van der Waals surface area (Å²) >= 11 is 3.91. The lowest BCUT2D eigenvalue weighted by Crippen LogP contribution is -2.14. The molecule has 0 bridgehead atoms. The molecule has 0 spiro atoms. The topological polar surface area (TPSA) is 42.2 Å². The average Bonchev–Trinajstić information content (AvgIpc) is 2.70. The van der Waals surface area contributed by atoms with E-state index in [1.54, 1.807) is 32.0 Å². The number of para-hydroxylation sites is 1. The van der Waals surface area contributed by atoms with Crippen molar-refractivity contribution in [3.8, 4) is 0 Å². The number of carbonyl (C=O) groups is 1. The highest BCUT2D eigenvalue weighted by molar-refractivity contribution is 9.10. The predicted octanol–water partition coefficient (Wildman–Crippen LogP) is 5.57. The van der Waals surface area contributed by atoms with E-state index in [-0.39, 0.29) is 0 Å². The minimum Gasteiger partial charge on any atom is -0.465 e. The number of carbonyl (C=O) groups excluding carboxylic acids is 1. The van der Waals surface area contributed by atoms with Gasteiger partial charge in [0.25, 0.3) is 5.91 Å². The predicted molar refractivity (Wildman–Crippen MR) is 87.1 cm³/mol. The molecule has 0 saturated heterocycles. The number of halogens is 4. The first kappa shape index (κ1) is 17.9. The molecule has 0 unspecified atom stereocenters. The molecular formula is C15H13BrF3NO2S. The van der Waals surface area contributed by atoms with Crippen LogP contribution in [-0.4, -0.2) is 17.8 Å². The van der Waals surface area contributed by atoms with Crippen molar-refractivity contribution in [1.82, 2.24) is 0 Å². The van der Waals surface area contributed by atoms with Crippen LogP contribution in [0.5, 0.6) is 0 Å². The van der Waals surface area contributed by atoms with Crippen molar-refractivity contribution in [3.63, 3.8) is 0 Å². The minimum absolute atomic E-state index is 0.330. The smallest absolute Gasteiger partial charge is 0.398 e. The number of anilines is 1. The highest BCUT2D eigenvalue weighted by Crippen LogP contribution is 2.33. The van der Waals surface area contributed by atoms with Crippen molar-refractivity contribution < 1.29 is 22.4 Å². The van der Waals surface area contributed by atoms with Crippen molar-refractivity contribution >= 4 is 39.3 Å². The van der Waals surface area contributed by atoms with Gasteiger partial charge in [-0.25, -0.2) is 0 Å². The van der Waals surface area contributed by atoms with Gasteiger partial charge in [-0.05, 0) is 41.9 Å². The largest absolute Gasteiger partial charge is 0.465 e. The van der Waals surface area contributed by atoms with E-state index in [4.69, 9.17) is 4.42 Å². The minimum atomic E-state index is -4.27. The average molecular weight is 408 g/mol. The number of aryl methyl sites for hydroxylation is 2. The Kier molecular flexibility index (Phi) is 5.46. The van der Waals surface area contributed by atoms with Crippen LogP contribution in [0.1, 0.15) is 21.9 Å². The van der Waals surface area contributed by atoms with Crippen LogP contribution in [0, 0.1) is 13.8 Å². The van der Waals surface area contributed by atoms with Gasteiger partial charge in [-0.3, -0.25) is 4.79 Å². The molecule has 0 aliphatic carbocycles. The zero-order valence-corrected chi connectivity index (χ0v) is 14.7. The second-order valence-electron chi connectivity index (χ2n) is 4.76. The van der Waals surface area contributed by atoms with E-state index < -0.39 is 17.8 Å². The van der Waals surface area contributed by atoms with Crippen LogP contribution in [0.15, 0.2) is 38.1 Å². The molecule has 3 nitrogen and oxygen atoms in total. The molecule has 0 fully saturated rings. The molecule has 0 atom stereocenters. The number of hydrogen-bond acceptors (Lipinski definition) is 3. The zero-order valence-electron chi connectivity index (χ0n) is 12.3. The van der Waals surface area contributed by atoms with Crippen LogP contribution < -0.4 is 5.32 Å². The molecule has 2 aromatic rings. The Bertz CT molecular complexity index is 728. The summed E-state index contributed by atoms with van der Waals surface area (Å²) in [6.07, 6.45) is -4.27. The summed E-state index contributed by atoms with van der Waals surface area (Å²) in [4.78, 5) is 12.7. The Balaban J connectivity index is 2.21. The van der Waals surface area contributed by atoms with E-state index in [9.17, 15) is 18.0 Å². The monoisotopic (exact) mass is 407 g/mol. The number of nitrogens with one attached hydrogen (secondary N) is 1. The molecule has 1 N–H and O–H groups in total. The lowest BCUT2D eigenvalue weighted by molar-refractivity contribution is -0.105. The van der Waals surface area contributed by atoms with Crippen LogP contribution in [0.25, 0.3) is 0 Å². The zero-order chi connectivity index (χ0) is 17.2. The van der Waals surface area contributed by atoms with E-state index in [0.717, 1.165) is 0 Å². The van der Waals surface area contributed by atoms with Crippen LogP contribution >= 0.6 is 27.7 Å². The van der Waals surface area contributed by atoms with Gasteiger partial charge in [-0.2, -0.15) is 13.2 Å². The van der Waals surface area contributed by atoms with Crippen molar-refractivity contribution in [2.24, 2.45) is 0 Å². The summed E-state index contributed by atoms with van der Waals surface area (Å²) in [6.45, 7) is 3.36. The maximum absolute atomic E-state index is 12.4. The standard InChI is InChI=1S/C15H13BrF3NO2S/c1-8-12(13(16)9(2)22-8)14(21)20-10-5-3-4-6-11(10)23-7-15(17,18)19/h3-6H,7H2,1-2H3,(H,20,21). The SMILES string of the molecule is Cc1oc(C)c(C(=O)Nc2ccccc2SCC(F)(F)F)c1Br. The summed E-state index contributed by atoms with van der Waals surface area (Å²) in [5.74, 6) is -0.459. The van der Waals surface area contributed by atoms with Gasteiger partial charge in [0, 0.05) is 4.90 Å². The van der Waals surface area contributed by atoms with Crippen molar-refractivity contribution in [2.75, 3.05) is 11.1 Å². The number of furan rings is 1. The molecule has 124 valence electrons. The Morgan fingerprint density at radius 1 is 1.26 bits per heavy atom. The second kappa shape index (κ2) is 7.00. The Morgan fingerprint density at radius 2 is 1.91 bits per heavy atom. The molecule has 2 rings (SSSR count). The third-order valence-electron chi connectivity index (χ3n) is 2.94. The highest BCUT2D eigenvalue weighted by Gasteiger charge is 2.28. The summed E-state index contributed by atoms with van der Waals surface area (Å²) in [6, 6.07) is 6.37. The van der Waals surface area contributed by atoms with Gasteiger partial charge < -0.3 is 9.73 Å². The molecule has 0 aliphatic heterocycles. The summed E-state index contributed by atoms with van der Waals surface area (Å²) < 4.78 is 43.0. The first-order valence-electron chi connectivity index (χ1n) is 6.54. The van der Waals surface area contributed by atoms with Gasteiger partial charge in [-0.1, -0.05) is 12.1 Å². The van der Waals surface area contributed by atoms with E-state index in [0.29, 0.717) is 43.9 Å². The van der Waals surface area contributed by atoms with Crippen LogP contribution in [0.3, 0.4) is 0 Å². The number of hydrogen-bond donors (Lipinski definition) is 1. The molecular weight excluding hydrogens is 395 g/mol. The van der Waals surface area contributed by atoms with E-state index >= 15 is 0 Å². The maximum Gasteiger partial charge on any atom is 0.398 e. The summed E-state index contributed by atoms with van der Waals surface area (Å²) in [5.41, 5.74) is 0.662. The number of benzene rings is 1. The number of rotatable bonds is 4.